The topological polar surface area (TPSA) is 93.5 Å². The van der Waals surface area contributed by atoms with E-state index in [1.165, 1.54) is 31.9 Å². The second-order valence-electron chi connectivity index (χ2n) is 9.93. The first-order chi connectivity index (χ1) is 15.0. The smallest absolute Gasteiger partial charge is 0.303 e. The zero-order valence-electron chi connectivity index (χ0n) is 19.5. The standard InChI is InChI=1S/C18H20N4O2.C6H12O2/c1-21-15-8-10(14-9-11-6-7-22(11)14)2-3-12(15)17(20-21)13-4-5-16(23)19-18(13)24;1-5(7)8-6(2,3)4/h2-3,8,11,13-14H,4-7,9H2,1H3,(H,19,23,24);1-4H3. The summed E-state index contributed by atoms with van der Waals surface area (Å²) in [7, 11) is 1.93. The lowest BCUT2D eigenvalue weighted by Gasteiger charge is -2.57. The Bertz CT molecular complexity index is 1070. The molecule has 0 saturated carbocycles. The molecular weight excluding hydrogens is 408 g/mol. The largest absolute Gasteiger partial charge is 0.460 e. The number of fused-ring (bicyclic) bond motifs is 2. The minimum Gasteiger partial charge on any atom is -0.460 e. The van der Waals surface area contributed by atoms with E-state index in [1.807, 2.05) is 32.5 Å². The third-order valence-electron chi connectivity index (χ3n) is 6.39. The number of aromatic nitrogens is 2. The van der Waals surface area contributed by atoms with Crippen LogP contribution < -0.4 is 5.32 Å². The molecule has 4 heterocycles. The van der Waals surface area contributed by atoms with Gasteiger partial charge in [-0.1, -0.05) is 12.1 Å². The van der Waals surface area contributed by atoms with E-state index in [2.05, 4.69) is 33.5 Å². The fourth-order valence-electron chi connectivity index (χ4n) is 4.86. The molecule has 0 spiro atoms. The van der Waals surface area contributed by atoms with Crippen molar-refractivity contribution >= 4 is 28.7 Å². The summed E-state index contributed by atoms with van der Waals surface area (Å²) in [6.45, 7) is 8.14. The highest BCUT2D eigenvalue weighted by Crippen LogP contribution is 2.46. The molecule has 1 N–H and O–H groups in total. The molecule has 0 radical (unpaired) electrons. The Labute approximate surface area is 188 Å². The summed E-state index contributed by atoms with van der Waals surface area (Å²) in [5.74, 6) is -0.969. The van der Waals surface area contributed by atoms with E-state index in [4.69, 9.17) is 4.74 Å². The molecule has 8 nitrogen and oxygen atoms in total. The minimum absolute atomic E-state index is 0.187. The quantitative estimate of drug-likeness (QED) is 0.570. The number of nitrogens with zero attached hydrogens (tertiary/aromatic N) is 3. The van der Waals surface area contributed by atoms with Crippen LogP contribution in [0, 0.1) is 0 Å². The molecule has 3 unspecified atom stereocenters. The molecule has 2 amide bonds. The number of imide groups is 1. The van der Waals surface area contributed by atoms with Crippen molar-refractivity contribution in [3.63, 3.8) is 0 Å². The predicted octanol–water partition coefficient (Wildman–Crippen LogP) is 2.96. The molecule has 172 valence electrons. The van der Waals surface area contributed by atoms with Crippen molar-refractivity contribution in [2.45, 2.75) is 77.0 Å². The van der Waals surface area contributed by atoms with Crippen molar-refractivity contribution in [3.8, 4) is 0 Å². The number of amides is 2. The van der Waals surface area contributed by atoms with Gasteiger partial charge in [-0.05, 0) is 51.7 Å². The first-order valence-corrected chi connectivity index (χ1v) is 11.3. The summed E-state index contributed by atoms with van der Waals surface area (Å²) in [6.07, 6.45) is 3.51. The Morgan fingerprint density at radius 2 is 1.97 bits per heavy atom. The molecular formula is C24H32N4O4. The lowest BCUT2D eigenvalue weighted by Crippen LogP contribution is -2.59. The summed E-state index contributed by atoms with van der Waals surface area (Å²) in [4.78, 5) is 36.4. The Kier molecular flexibility index (Phi) is 5.83. The number of ether oxygens (including phenoxy) is 1. The van der Waals surface area contributed by atoms with Crippen LogP contribution in [0.3, 0.4) is 0 Å². The molecule has 0 aliphatic carbocycles. The summed E-state index contributed by atoms with van der Waals surface area (Å²) >= 11 is 0. The predicted molar refractivity (Wildman–Crippen MR) is 120 cm³/mol. The average molecular weight is 441 g/mol. The molecule has 3 aliphatic heterocycles. The molecule has 1 aromatic carbocycles. The van der Waals surface area contributed by atoms with E-state index in [1.54, 1.807) is 0 Å². The van der Waals surface area contributed by atoms with Crippen LogP contribution in [0.5, 0.6) is 0 Å². The number of carbonyl (C=O) groups is 3. The Morgan fingerprint density at radius 3 is 2.47 bits per heavy atom. The van der Waals surface area contributed by atoms with Crippen LogP contribution in [0.25, 0.3) is 10.9 Å². The van der Waals surface area contributed by atoms with Crippen molar-refractivity contribution in [2.75, 3.05) is 6.54 Å². The molecule has 0 bridgehead atoms. The van der Waals surface area contributed by atoms with Crippen LogP contribution >= 0.6 is 0 Å². The number of piperidine rings is 2. The number of hydrogen-bond acceptors (Lipinski definition) is 6. The minimum atomic E-state index is -0.333. The highest BCUT2D eigenvalue weighted by molar-refractivity contribution is 6.02. The van der Waals surface area contributed by atoms with Crippen molar-refractivity contribution < 1.29 is 19.1 Å². The second-order valence-corrected chi connectivity index (χ2v) is 9.93. The van der Waals surface area contributed by atoms with E-state index in [0.717, 1.165) is 22.6 Å². The SMILES string of the molecule is CC(=O)OC(C)(C)C.Cn1nc(C2CCC(=O)NC2=O)c2ccc(C3CC4CCN43)cc21. The molecule has 3 atom stereocenters. The maximum absolute atomic E-state index is 12.2. The van der Waals surface area contributed by atoms with E-state index < -0.39 is 0 Å². The zero-order chi connectivity index (χ0) is 23.2. The fraction of sp³-hybridized carbons (Fsp3) is 0.583. The van der Waals surface area contributed by atoms with Gasteiger partial charge in [0.25, 0.3) is 0 Å². The van der Waals surface area contributed by atoms with Crippen LogP contribution in [0.2, 0.25) is 0 Å². The molecule has 32 heavy (non-hydrogen) atoms. The molecule has 2 aromatic rings. The normalized spacial score (nSPS) is 25.1. The summed E-state index contributed by atoms with van der Waals surface area (Å²) < 4.78 is 6.66. The van der Waals surface area contributed by atoms with Gasteiger partial charge < -0.3 is 4.74 Å². The molecule has 3 saturated heterocycles. The van der Waals surface area contributed by atoms with Crippen LogP contribution in [0.1, 0.15) is 76.6 Å². The third kappa shape index (κ3) is 4.41. The number of esters is 1. The molecule has 3 aliphatic rings. The van der Waals surface area contributed by atoms with Crippen molar-refractivity contribution in [1.82, 2.24) is 20.0 Å². The summed E-state index contributed by atoms with van der Waals surface area (Å²) in [5, 5.41) is 8.07. The van der Waals surface area contributed by atoms with Gasteiger partial charge in [0.05, 0.1) is 17.1 Å². The van der Waals surface area contributed by atoms with Crippen LogP contribution in [0.4, 0.5) is 0 Å². The first-order valence-electron chi connectivity index (χ1n) is 11.3. The monoisotopic (exact) mass is 440 g/mol. The van der Waals surface area contributed by atoms with E-state index in [0.29, 0.717) is 18.9 Å². The Balaban J connectivity index is 0.000000265. The molecule has 3 fully saturated rings. The maximum atomic E-state index is 12.2. The Hall–Kier alpha value is -2.74. The van der Waals surface area contributed by atoms with Gasteiger partial charge in [0.15, 0.2) is 0 Å². The number of benzene rings is 1. The summed E-state index contributed by atoms with van der Waals surface area (Å²) in [6, 6.07) is 7.85. The number of hydrogen-bond donors (Lipinski definition) is 1. The van der Waals surface area contributed by atoms with E-state index in [9.17, 15) is 14.4 Å². The highest BCUT2D eigenvalue weighted by atomic mass is 16.6. The average Bonchev–Trinajstić information content (AvgIpc) is 2.98. The van der Waals surface area contributed by atoms with Gasteiger partial charge in [-0.15, -0.1) is 0 Å². The molecule has 5 rings (SSSR count). The van der Waals surface area contributed by atoms with Gasteiger partial charge in [0.1, 0.15) is 5.60 Å². The third-order valence-corrected chi connectivity index (χ3v) is 6.39. The van der Waals surface area contributed by atoms with E-state index >= 15 is 0 Å². The van der Waals surface area contributed by atoms with Gasteiger partial charge in [0.2, 0.25) is 11.8 Å². The summed E-state index contributed by atoms with van der Waals surface area (Å²) in [5.41, 5.74) is 2.87. The van der Waals surface area contributed by atoms with Crippen molar-refractivity contribution in [1.29, 1.82) is 0 Å². The van der Waals surface area contributed by atoms with E-state index in [-0.39, 0.29) is 29.3 Å². The van der Waals surface area contributed by atoms with Crippen LogP contribution in [-0.2, 0) is 26.2 Å². The maximum Gasteiger partial charge on any atom is 0.303 e. The lowest BCUT2D eigenvalue weighted by molar-refractivity contribution is -0.152. The molecule has 1 aromatic heterocycles. The van der Waals surface area contributed by atoms with Crippen LogP contribution in [0.15, 0.2) is 18.2 Å². The number of carbonyl (C=O) groups excluding carboxylic acids is 3. The van der Waals surface area contributed by atoms with Crippen molar-refractivity contribution in [3.05, 3.63) is 29.5 Å². The Morgan fingerprint density at radius 1 is 1.22 bits per heavy atom. The first kappa shape index (κ1) is 22.5. The number of nitrogens with one attached hydrogen (secondary N) is 1. The molecule has 8 heteroatoms. The number of aryl methyl sites for hydroxylation is 1. The number of rotatable bonds is 2. The van der Waals surface area contributed by atoms with Gasteiger partial charge in [-0.3, -0.25) is 29.3 Å². The highest BCUT2D eigenvalue weighted by Gasteiger charge is 2.45. The van der Waals surface area contributed by atoms with Gasteiger partial charge in [-0.2, -0.15) is 5.10 Å². The second kappa shape index (κ2) is 8.31. The lowest BCUT2D eigenvalue weighted by atomic mass is 9.79. The van der Waals surface area contributed by atoms with Gasteiger partial charge in [0, 0.05) is 44.4 Å². The van der Waals surface area contributed by atoms with Gasteiger partial charge in [-0.25, -0.2) is 0 Å². The zero-order valence-corrected chi connectivity index (χ0v) is 19.5. The van der Waals surface area contributed by atoms with Crippen molar-refractivity contribution in [2.24, 2.45) is 7.05 Å². The van der Waals surface area contributed by atoms with Crippen LogP contribution in [-0.4, -0.2) is 50.7 Å². The fourth-order valence-corrected chi connectivity index (χ4v) is 4.86. The van der Waals surface area contributed by atoms with Gasteiger partial charge >= 0.3 is 5.97 Å².